The number of furan rings is 1. The second kappa shape index (κ2) is 7.00. The Kier molecular flexibility index (Phi) is 4.49. The van der Waals surface area contributed by atoms with Gasteiger partial charge >= 0.3 is 6.18 Å². The lowest BCUT2D eigenvalue weighted by atomic mass is 10.1. The van der Waals surface area contributed by atoms with Crippen molar-refractivity contribution < 1.29 is 22.3 Å². The van der Waals surface area contributed by atoms with Crippen molar-refractivity contribution in [1.29, 1.82) is 0 Å². The summed E-state index contributed by atoms with van der Waals surface area (Å²) >= 11 is 0. The summed E-state index contributed by atoms with van der Waals surface area (Å²) in [5, 5.41) is 17.2. The van der Waals surface area contributed by atoms with Gasteiger partial charge in [-0.3, -0.25) is 0 Å². The van der Waals surface area contributed by atoms with Crippen molar-refractivity contribution in [2.75, 3.05) is 18.2 Å². The average molecular weight is 404 g/mol. The third-order valence-electron chi connectivity index (χ3n) is 4.33. The second-order valence-electron chi connectivity index (χ2n) is 6.20. The molecule has 2 heterocycles. The Morgan fingerprint density at radius 2 is 2.03 bits per heavy atom. The van der Waals surface area contributed by atoms with Crippen molar-refractivity contribution in [2.45, 2.75) is 12.7 Å². The van der Waals surface area contributed by atoms with Crippen LogP contribution >= 0.6 is 0 Å². The maximum Gasteiger partial charge on any atom is 0.420 e. The molecule has 150 valence electrons. The fourth-order valence-electron chi connectivity index (χ4n) is 2.91. The van der Waals surface area contributed by atoms with Crippen LogP contribution in [0.3, 0.4) is 0 Å². The topological polar surface area (TPSA) is 115 Å². The SMILES string of the molecule is COc1ccc(NCc2cc3oc(-c4nn[nH]n4)cc3cc2N)cc1C(F)(F)F. The standard InChI is InChI=1S/C18H15F3N6O2/c1-28-14-3-2-11(7-12(14)18(19,20)21)23-8-10-6-15-9(4-13(10)22)5-16(29-15)17-24-26-27-25-17/h2-7,23H,8,22H2,1H3,(H,24,25,26,27). The van der Waals surface area contributed by atoms with Gasteiger partial charge in [-0.2, -0.15) is 18.4 Å². The molecule has 0 spiro atoms. The molecule has 0 bridgehead atoms. The Balaban J connectivity index is 1.59. The number of tetrazole rings is 1. The highest BCUT2D eigenvalue weighted by Gasteiger charge is 2.34. The molecule has 0 saturated heterocycles. The number of anilines is 2. The lowest BCUT2D eigenvalue weighted by molar-refractivity contribution is -0.138. The molecular formula is C18H15F3N6O2. The first-order valence-electron chi connectivity index (χ1n) is 8.40. The van der Waals surface area contributed by atoms with E-state index in [1.807, 2.05) is 0 Å². The number of ether oxygens (including phenoxy) is 1. The Morgan fingerprint density at radius 1 is 1.21 bits per heavy atom. The highest BCUT2D eigenvalue weighted by molar-refractivity contribution is 5.86. The van der Waals surface area contributed by atoms with E-state index in [2.05, 4.69) is 25.9 Å². The number of aromatic nitrogens is 4. The number of rotatable bonds is 5. The summed E-state index contributed by atoms with van der Waals surface area (Å²) in [7, 11) is 1.19. The zero-order chi connectivity index (χ0) is 20.6. The van der Waals surface area contributed by atoms with E-state index < -0.39 is 11.7 Å². The van der Waals surface area contributed by atoms with Crippen molar-refractivity contribution in [3.63, 3.8) is 0 Å². The maximum atomic E-state index is 13.2. The van der Waals surface area contributed by atoms with Crippen LogP contribution in [-0.4, -0.2) is 27.7 Å². The summed E-state index contributed by atoms with van der Waals surface area (Å²) in [4.78, 5) is 0. The van der Waals surface area contributed by atoms with Crippen molar-refractivity contribution >= 4 is 22.3 Å². The normalized spacial score (nSPS) is 11.7. The molecule has 0 unspecified atom stereocenters. The number of nitrogens with zero attached hydrogens (tertiary/aromatic N) is 3. The van der Waals surface area contributed by atoms with Gasteiger partial charge in [-0.15, -0.1) is 10.2 Å². The van der Waals surface area contributed by atoms with Crippen LogP contribution in [0.4, 0.5) is 24.5 Å². The van der Waals surface area contributed by atoms with E-state index in [0.717, 1.165) is 11.5 Å². The number of benzene rings is 2. The number of hydrogen-bond donors (Lipinski definition) is 3. The van der Waals surface area contributed by atoms with Gasteiger partial charge in [-0.1, -0.05) is 0 Å². The Hall–Kier alpha value is -3.76. The van der Waals surface area contributed by atoms with Gasteiger partial charge in [-0.05, 0) is 47.2 Å². The third kappa shape index (κ3) is 3.66. The van der Waals surface area contributed by atoms with Crippen LogP contribution in [0.25, 0.3) is 22.6 Å². The first kappa shape index (κ1) is 18.6. The van der Waals surface area contributed by atoms with E-state index in [-0.39, 0.29) is 18.0 Å². The lowest BCUT2D eigenvalue weighted by Crippen LogP contribution is -2.09. The molecule has 2 aromatic heterocycles. The van der Waals surface area contributed by atoms with Gasteiger partial charge in [0.15, 0.2) is 5.76 Å². The van der Waals surface area contributed by atoms with Gasteiger partial charge in [0.2, 0.25) is 5.82 Å². The molecule has 0 saturated carbocycles. The van der Waals surface area contributed by atoms with Crippen LogP contribution in [0.5, 0.6) is 5.75 Å². The first-order chi connectivity index (χ1) is 13.8. The molecular weight excluding hydrogens is 389 g/mol. The fourth-order valence-corrected chi connectivity index (χ4v) is 2.91. The molecule has 8 nitrogen and oxygen atoms in total. The van der Waals surface area contributed by atoms with Crippen LogP contribution in [0.2, 0.25) is 0 Å². The van der Waals surface area contributed by atoms with Gasteiger partial charge in [0, 0.05) is 23.3 Å². The number of nitrogen functional groups attached to an aromatic ring is 1. The highest BCUT2D eigenvalue weighted by atomic mass is 19.4. The van der Waals surface area contributed by atoms with Crippen LogP contribution in [0, 0.1) is 0 Å². The Morgan fingerprint density at radius 3 is 2.72 bits per heavy atom. The molecule has 0 fully saturated rings. The number of nitrogens with two attached hydrogens (primary N) is 1. The monoisotopic (exact) mass is 404 g/mol. The molecule has 0 amide bonds. The quantitative estimate of drug-likeness (QED) is 0.433. The number of alkyl halides is 3. The first-order valence-corrected chi connectivity index (χ1v) is 8.40. The summed E-state index contributed by atoms with van der Waals surface area (Å²) in [6.45, 7) is 0.198. The number of hydrogen-bond acceptors (Lipinski definition) is 7. The number of H-pyrrole nitrogens is 1. The Bertz CT molecular complexity index is 1150. The molecule has 2 aromatic carbocycles. The van der Waals surface area contributed by atoms with Crippen molar-refractivity contribution in [3.8, 4) is 17.3 Å². The van der Waals surface area contributed by atoms with Crippen LogP contribution in [0.1, 0.15) is 11.1 Å². The minimum absolute atomic E-state index is 0.198. The van der Waals surface area contributed by atoms with E-state index in [1.165, 1.54) is 19.2 Å². The van der Waals surface area contributed by atoms with Crippen molar-refractivity contribution in [2.24, 2.45) is 0 Å². The zero-order valence-electron chi connectivity index (χ0n) is 15.0. The van der Waals surface area contributed by atoms with E-state index in [9.17, 15) is 13.2 Å². The summed E-state index contributed by atoms with van der Waals surface area (Å²) in [6.07, 6.45) is -4.53. The molecule has 29 heavy (non-hydrogen) atoms. The molecule has 4 rings (SSSR count). The zero-order valence-corrected chi connectivity index (χ0v) is 15.0. The minimum atomic E-state index is -4.53. The number of fused-ring (bicyclic) bond motifs is 1. The largest absolute Gasteiger partial charge is 0.496 e. The van der Waals surface area contributed by atoms with E-state index in [4.69, 9.17) is 14.9 Å². The lowest BCUT2D eigenvalue weighted by Gasteiger charge is -2.15. The summed E-state index contributed by atoms with van der Waals surface area (Å²) in [5.74, 6) is 0.481. The summed E-state index contributed by atoms with van der Waals surface area (Å²) < 4.78 is 50.1. The predicted molar refractivity (Wildman–Crippen MR) is 99.1 cm³/mol. The predicted octanol–water partition coefficient (Wildman–Crippen LogP) is 3.83. The van der Waals surface area contributed by atoms with E-state index in [1.54, 1.807) is 18.2 Å². The molecule has 4 N–H and O–H groups in total. The molecule has 4 aromatic rings. The molecule has 11 heteroatoms. The molecule has 0 aliphatic heterocycles. The maximum absolute atomic E-state index is 13.2. The highest BCUT2D eigenvalue weighted by Crippen LogP contribution is 2.38. The smallest absolute Gasteiger partial charge is 0.420 e. The van der Waals surface area contributed by atoms with E-state index in [0.29, 0.717) is 28.4 Å². The second-order valence-corrected chi connectivity index (χ2v) is 6.20. The number of methoxy groups -OCH3 is 1. The molecule has 0 aliphatic carbocycles. The molecule has 0 aliphatic rings. The van der Waals surface area contributed by atoms with Gasteiger partial charge in [-0.25, -0.2) is 0 Å². The summed E-state index contributed by atoms with van der Waals surface area (Å²) in [5.41, 5.74) is 7.19. The minimum Gasteiger partial charge on any atom is -0.496 e. The van der Waals surface area contributed by atoms with Gasteiger partial charge in [0.05, 0.1) is 12.7 Å². The van der Waals surface area contributed by atoms with E-state index >= 15 is 0 Å². The molecule has 0 atom stereocenters. The number of nitrogens with one attached hydrogen (secondary N) is 2. The number of halogens is 3. The fraction of sp³-hybridized carbons (Fsp3) is 0.167. The van der Waals surface area contributed by atoms with Gasteiger partial charge in [0.1, 0.15) is 11.3 Å². The van der Waals surface area contributed by atoms with Gasteiger partial charge in [0.25, 0.3) is 0 Å². The van der Waals surface area contributed by atoms with Crippen molar-refractivity contribution in [3.05, 3.63) is 47.5 Å². The van der Waals surface area contributed by atoms with Crippen LogP contribution in [-0.2, 0) is 12.7 Å². The van der Waals surface area contributed by atoms with Gasteiger partial charge < -0.3 is 20.2 Å². The number of aromatic amines is 1. The van der Waals surface area contributed by atoms with Crippen LogP contribution < -0.4 is 15.8 Å². The van der Waals surface area contributed by atoms with Crippen molar-refractivity contribution in [1.82, 2.24) is 20.6 Å². The molecule has 0 radical (unpaired) electrons. The Labute approximate surface area is 161 Å². The average Bonchev–Trinajstić information content (AvgIpc) is 3.34. The van der Waals surface area contributed by atoms with Crippen LogP contribution in [0.15, 0.2) is 40.8 Å². The third-order valence-corrected chi connectivity index (χ3v) is 4.33. The summed E-state index contributed by atoms with van der Waals surface area (Å²) in [6, 6.07) is 8.93.